The van der Waals surface area contributed by atoms with Crippen molar-refractivity contribution in [2.45, 2.75) is 31.3 Å². The molecule has 1 aromatic rings. The number of carboxylic acid groups (broad SMARTS) is 1. The van der Waals surface area contributed by atoms with Crippen molar-refractivity contribution in [2.75, 3.05) is 0 Å². The Morgan fingerprint density at radius 3 is 2.70 bits per heavy atom. The molecular formula is C14H13ClFNO3. The quantitative estimate of drug-likeness (QED) is 0.912. The summed E-state index contributed by atoms with van der Waals surface area (Å²) < 4.78 is 13.0. The van der Waals surface area contributed by atoms with Crippen LogP contribution in [-0.4, -0.2) is 34.0 Å². The van der Waals surface area contributed by atoms with Crippen molar-refractivity contribution in [1.82, 2.24) is 4.90 Å². The SMILES string of the molecule is O=C(O)C1CC2CCC1N2C(=O)c1ccc(F)cc1Cl. The van der Waals surface area contributed by atoms with E-state index in [0.717, 1.165) is 12.5 Å². The van der Waals surface area contributed by atoms with Gasteiger partial charge in [0.1, 0.15) is 5.82 Å². The van der Waals surface area contributed by atoms with Gasteiger partial charge in [-0.2, -0.15) is 0 Å². The molecule has 1 N–H and O–H groups in total. The van der Waals surface area contributed by atoms with E-state index < -0.39 is 17.7 Å². The third-order valence-corrected chi connectivity index (χ3v) is 4.56. The van der Waals surface area contributed by atoms with E-state index in [2.05, 4.69) is 0 Å². The van der Waals surface area contributed by atoms with Crippen molar-refractivity contribution in [1.29, 1.82) is 0 Å². The van der Waals surface area contributed by atoms with Gasteiger partial charge in [-0.1, -0.05) is 11.6 Å². The molecule has 4 nitrogen and oxygen atoms in total. The van der Waals surface area contributed by atoms with Crippen LogP contribution in [0.4, 0.5) is 4.39 Å². The fourth-order valence-corrected chi connectivity index (χ4v) is 3.62. The molecule has 1 aromatic carbocycles. The monoisotopic (exact) mass is 297 g/mol. The Hall–Kier alpha value is -1.62. The first-order valence-corrected chi connectivity index (χ1v) is 6.87. The normalized spacial score (nSPS) is 27.9. The number of nitrogens with zero attached hydrogens (tertiary/aromatic N) is 1. The summed E-state index contributed by atoms with van der Waals surface area (Å²) in [6.07, 6.45) is 2.01. The summed E-state index contributed by atoms with van der Waals surface area (Å²) in [5.74, 6) is -2.16. The number of carbonyl (C=O) groups excluding carboxylic acids is 1. The highest BCUT2D eigenvalue weighted by atomic mass is 35.5. The van der Waals surface area contributed by atoms with E-state index in [1.54, 1.807) is 4.90 Å². The highest BCUT2D eigenvalue weighted by molar-refractivity contribution is 6.33. The zero-order valence-electron chi connectivity index (χ0n) is 10.6. The van der Waals surface area contributed by atoms with E-state index >= 15 is 0 Å². The summed E-state index contributed by atoms with van der Waals surface area (Å²) in [7, 11) is 0. The Morgan fingerprint density at radius 1 is 1.35 bits per heavy atom. The highest BCUT2D eigenvalue weighted by Crippen LogP contribution is 2.43. The van der Waals surface area contributed by atoms with Crippen LogP contribution in [0.3, 0.4) is 0 Å². The highest BCUT2D eigenvalue weighted by Gasteiger charge is 2.51. The zero-order chi connectivity index (χ0) is 14.4. The summed E-state index contributed by atoms with van der Waals surface area (Å²) >= 11 is 5.91. The average molecular weight is 298 g/mol. The van der Waals surface area contributed by atoms with E-state index in [1.165, 1.54) is 12.1 Å². The Bertz CT molecular complexity index is 592. The second kappa shape index (κ2) is 4.74. The fraction of sp³-hybridized carbons (Fsp3) is 0.429. The molecule has 3 rings (SSSR count). The predicted octanol–water partition coefficient (Wildman–Crippen LogP) is 2.56. The van der Waals surface area contributed by atoms with Gasteiger partial charge in [-0.05, 0) is 37.5 Å². The topological polar surface area (TPSA) is 57.6 Å². The average Bonchev–Trinajstić information content (AvgIpc) is 2.95. The molecule has 2 fully saturated rings. The third kappa shape index (κ3) is 1.97. The minimum Gasteiger partial charge on any atom is -0.481 e. The molecule has 0 radical (unpaired) electrons. The number of carbonyl (C=O) groups is 2. The van der Waals surface area contributed by atoms with Crippen LogP contribution in [0.15, 0.2) is 18.2 Å². The van der Waals surface area contributed by atoms with Crippen LogP contribution >= 0.6 is 11.6 Å². The molecule has 2 saturated heterocycles. The molecular weight excluding hydrogens is 285 g/mol. The van der Waals surface area contributed by atoms with Crippen molar-refractivity contribution in [2.24, 2.45) is 5.92 Å². The van der Waals surface area contributed by atoms with Gasteiger partial charge in [0.15, 0.2) is 0 Å². The van der Waals surface area contributed by atoms with E-state index in [4.69, 9.17) is 11.6 Å². The largest absolute Gasteiger partial charge is 0.481 e. The van der Waals surface area contributed by atoms with Gasteiger partial charge in [0.2, 0.25) is 0 Å². The number of hydrogen-bond donors (Lipinski definition) is 1. The van der Waals surface area contributed by atoms with E-state index in [9.17, 15) is 19.1 Å². The molecule has 0 aliphatic carbocycles. The summed E-state index contributed by atoms with van der Waals surface area (Å²) in [6.45, 7) is 0. The smallest absolute Gasteiger partial charge is 0.308 e. The molecule has 3 unspecified atom stereocenters. The third-order valence-electron chi connectivity index (χ3n) is 4.25. The van der Waals surface area contributed by atoms with E-state index in [1.807, 2.05) is 0 Å². The number of amides is 1. The van der Waals surface area contributed by atoms with E-state index in [-0.39, 0.29) is 28.6 Å². The number of hydrogen-bond acceptors (Lipinski definition) is 2. The molecule has 106 valence electrons. The molecule has 2 heterocycles. The molecule has 0 aromatic heterocycles. The summed E-state index contributed by atoms with van der Waals surface area (Å²) in [6, 6.07) is 3.32. The zero-order valence-corrected chi connectivity index (χ0v) is 11.3. The molecule has 2 aliphatic heterocycles. The van der Waals surface area contributed by atoms with Crippen LogP contribution in [0.5, 0.6) is 0 Å². The van der Waals surface area contributed by atoms with Crippen LogP contribution in [0.1, 0.15) is 29.6 Å². The molecule has 1 amide bonds. The maximum absolute atomic E-state index is 13.0. The number of carboxylic acids is 1. The molecule has 6 heteroatoms. The summed E-state index contributed by atoms with van der Waals surface area (Å²) in [5, 5.41) is 9.25. The molecule has 2 bridgehead atoms. The number of aliphatic carboxylic acids is 1. The second-order valence-corrected chi connectivity index (χ2v) is 5.72. The van der Waals surface area contributed by atoms with Gasteiger partial charge in [0.05, 0.1) is 16.5 Å². The van der Waals surface area contributed by atoms with Gasteiger partial charge in [0, 0.05) is 12.1 Å². The first kappa shape index (κ1) is 13.4. The van der Waals surface area contributed by atoms with Crippen LogP contribution in [0, 0.1) is 11.7 Å². The van der Waals surface area contributed by atoms with Crippen LogP contribution < -0.4 is 0 Å². The van der Waals surface area contributed by atoms with Crippen molar-refractivity contribution < 1.29 is 19.1 Å². The molecule has 20 heavy (non-hydrogen) atoms. The number of fused-ring (bicyclic) bond motifs is 2. The number of halogens is 2. The lowest BCUT2D eigenvalue weighted by molar-refractivity contribution is -0.142. The Balaban J connectivity index is 1.90. The maximum atomic E-state index is 13.0. The molecule has 0 spiro atoms. The van der Waals surface area contributed by atoms with Gasteiger partial charge in [-0.15, -0.1) is 0 Å². The van der Waals surface area contributed by atoms with Gasteiger partial charge in [0.25, 0.3) is 5.91 Å². The van der Waals surface area contributed by atoms with E-state index in [0.29, 0.717) is 12.8 Å². The Morgan fingerprint density at radius 2 is 2.10 bits per heavy atom. The maximum Gasteiger partial charge on any atom is 0.308 e. The molecule has 2 aliphatic rings. The fourth-order valence-electron chi connectivity index (χ4n) is 3.37. The van der Waals surface area contributed by atoms with Crippen molar-refractivity contribution in [3.05, 3.63) is 34.6 Å². The molecule has 0 saturated carbocycles. The van der Waals surface area contributed by atoms with Gasteiger partial charge >= 0.3 is 5.97 Å². The van der Waals surface area contributed by atoms with Crippen LogP contribution in [0.2, 0.25) is 5.02 Å². The van der Waals surface area contributed by atoms with Gasteiger partial charge in [-0.25, -0.2) is 4.39 Å². The number of benzene rings is 1. The van der Waals surface area contributed by atoms with Gasteiger partial charge < -0.3 is 10.0 Å². The van der Waals surface area contributed by atoms with Crippen LogP contribution in [-0.2, 0) is 4.79 Å². The second-order valence-electron chi connectivity index (χ2n) is 5.32. The minimum atomic E-state index is -0.861. The number of rotatable bonds is 2. The standard InChI is InChI=1S/C14H13ClFNO3/c15-11-5-7(16)1-3-9(11)13(18)17-8-2-4-12(17)10(6-8)14(19)20/h1,3,5,8,10,12H,2,4,6H2,(H,19,20). The lowest BCUT2D eigenvalue weighted by atomic mass is 9.89. The lowest BCUT2D eigenvalue weighted by Crippen LogP contribution is -2.38. The van der Waals surface area contributed by atoms with Crippen molar-refractivity contribution in [3.63, 3.8) is 0 Å². The lowest BCUT2D eigenvalue weighted by Gasteiger charge is -2.23. The Labute approximate surface area is 120 Å². The first-order chi connectivity index (χ1) is 9.49. The summed E-state index contributed by atoms with van der Waals surface area (Å²) in [4.78, 5) is 25.4. The minimum absolute atomic E-state index is 0.0466. The van der Waals surface area contributed by atoms with Crippen molar-refractivity contribution >= 4 is 23.5 Å². The van der Waals surface area contributed by atoms with Gasteiger partial charge in [-0.3, -0.25) is 9.59 Å². The Kier molecular flexibility index (Phi) is 3.17. The molecule has 3 atom stereocenters. The first-order valence-electron chi connectivity index (χ1n) is 6.49. The summed E-state index contributed by atoms with van der Waals surface area (Å²) in [5.41, 5.74) is 0.232. The van der Waals surface area contributed by atoms with Crippen molar-refractivity contribution in [3.8, 4) is 0 Å². The predicted molar refractivity (Wildman–Crippen MR) is 70.1 cm³/mol. The van der Waals surface area contributed by atoms with Crippen LogP contribution in [0.25, 0.3) is 0 Å².